The van der Waals surface area contributed by atoms with Crippen LogP contribution in [0.25, 0.3) is 0 Å². The molecule has 0 saturated heterocycles. The first-order chi connectivity index (χ1) is 9.08. The van der Waals surface area contributed by atoms with Gasteiger partial charge in [-0.15, -0.1) is 0 Å². The molecule has 1 unspecified atom stereocenters. The lowest BCUT2D eigenvalue weighted by atomic mass is 9.76. The Bertz CT molecular complexity index is 435. The lowest BCUT2D eigenvalue weighted by Gasteiger charge is -2.33. The molecule has 2 rings (SSSR count). The van der Waals surface area contributed by atoms with Crippen molar-refractivity contribution >= 4 is 5.96 Å². The molecule has 1 fully saturated rings. The average Bonchev–Trinajstić information content (AvgIpc) is 2.34. The van der Waals surface area contributed by atoms with Gasteiger partial charge >= 0.3 is 0 Å². The Morgan fingerprint density at radius 1 is 1.42 bits per heavy atom. The van der Waals surface area contributed by atoms with Crippen LogP contribution in [0.2, 0.25) is 0 Å². The van der Waals surface area contributed by atoms with Gasteiger partial charge in [-0.05, 0) is 49.8 Å². The monoisotopic (exact) mass is 263 g/mol. The first kappa shape index (κ1) is 13.8. The number of benzene rings is 1. The molecule has 1 aromatic rings. The maximum absolute atomic E-state index is 12.8. The standard InChI is InChI=1S/C15H22FN3/c1-3-10(2)18-15(17)19-14-8-12(9-14)11-4-6-13(16)7-5-11/h4-7,10,12,14H,3,8-9H2,1-2H3,(H3,17,18,19). The summed E-state index contributed by atoms with van der Waals surface area (Å²) >= 11 is 0. The zero-order valence-electron chi connectivity index (χ0n) is 11.6. The van der Waals surface area contributed by atoms with E-state index in [-0.39, 0.29) is 5.82 Å². The molecule has 4 heteroatoms. The smallest absolute Gasteiger partial charge is 0.189 e. The van der Waals surface area contributed by atoms with Crippen LogP contribution in [0.5, 0.6) is 0 Å². The predicted octanol–water partition coefficient (Wildman–Crippen LogP) is 2.77. The zero-order valence-corrected chi connectivity index (χ0v) is 11.6. The Hall–Kier alpha value is -1.58. The molecule has 0 aliphatic heterocycles. The first-order valence-electron chi connectivity index (χ1n) is 6.93. The third-order valence-corrected chi connectivity index (χ3v) is 3.78. The van der Waals surface area contributed by atoms with Crippen LogP contribution < -0.4 is 11.1 Å². The summed E-state index contributed by atoms with van der Waals surface area (Å²) < 4.78 is 12.8. The van der Waals surface area contributed by atoms with Crippen molar-refractivity contribution in [3.8, 4) is 0 Å². The third kappa shape index (κ3) is 3.69. The van der Waals surface area contributed by atoms with Crippen LogP contribution in [0.15, 0.2) is 29.3 Å². The van der Waals surface area contributed by atoms with Crippen molar-refractivity contribution in [2.24, 2.45) is 10.7 Å². The number of nitrogens with one attached hydrogen (secondary N) is 1. The summed E-state index contributed by atoms with van der Waals surface area (Å²) in [5.41, 5.74) is 7.05. The van der Waals surface area contributed by atoms with Crippen molar-refractivity contribution in [3.05, 3.63) is 35.6 Å². The molecule has 0 amide bonds. The Labute approximate surface area is 114 Å². The van der Waals surface area contributed by atoms with Gasteiger partial charge in [0.15, 0.2) is 5.96 Å². The average molecular weight is 263 g/mol. The minimum atomic E-state index is -0.181. The van der Waals surface area contributed by atoms with Gasteiger partial charge in [0.2, 0.25) is 0 Å². The highest BCUT2D eigenvalue weighted by Gasteiger charge is 2.30. The Balaban J connectivity index is 1.82. The fraction of sp³-hybridized carbons (Fsp3) is 0.533. The molecule has 1 saturated carbocycles. The largest absolute Gasteiger partial charge is 0.370 e. The molecule has 3 N–H and O–H groups in total. The molecule has 0 bridgehead atoms. The van der Waals surface area contributed by atoms with Crippen molar-refractivity contribution in [1.82, 2.24) is 5.32 Å². The molecule has 0 radical (unpaired) electrons. The van der Waals surface area contributed by atoms with E-state index in [4.69, 9.17) is 5.73 Å². The lowest BCUT2D eigenvalue weighted by molar-refractivity contribution is 0.352. The molecular formula is C15H22FN3. The number of hydrogen-bond acceptors (Lipinski definition) is 1. The SMILES string of the molecule is CCC(C)NC(N)=NC1CC(c2ccc(F)cc2)C1. The van der Waals surface area contributed by atoms with Crippen LogP contribution in [-0.2, 0) is 0 Å². The van der Waals surface area contributed by atoms with Crippen LogP contribution >= 0.6 is 0 Å². The lowest BCUT2D eigenvalue weighted by Crippen LogP contribution is -2.40. The second kappa shape index (κ2) is 6.04. The molecule has 3 nitrogen and oxygen atoms in total. The van der Waals surface area contributed by atoms with E-state index in [0.717, 1.165) is 19.3 Å². The summed E-state index contributed by atoms with van der Waals surface area (Å²) in [6.07, 6.45) is 3.02. The van der Waals surface area contributed by atoms with Gasteiger partial charge in [-0.25, -0.2) is 4.39 Å². The second-order valence-corrected chi connectivity index (χ2v) is 5.34. The molecule has 1 aromatic carbocycles. The van der Waals surface area contributed by atoms with Crippen molar-refractivity contribution in [3.63, 3.8) is 0 Å². The normalized spacial score (nSPS) is 24.7. The summed E-state index contributed by atoms with van der Waals surface area (Å²) in [5.74, 6) is 0.849. The van der Waals surface area contributed by atoms with E-state index in [1.807, 2.05) is 12.1 Å². The Morgan fingerprint density at radius 3 is 2.63 bits per heavy atom. The third-order valence-electron chi connectivity index (χ3n) is 3.78. The molecule has 0 heterocycles. The minimum absolute atomic E-state index is 0.181. The Morgan fingerprint density at radius 2 is 2.05 bits per heavy atom. The molecule has 0 aromatic heterocycles. The summed E-state index contributed by atoms with van der Waals surface area (Å²) in [7, 11) is 0. The molecule has 104 valence electrons. The van der Waals surface area contributed by atoms with Crippen LogP contribution in [-0.4, -0.2) is 18.0 Å². The summed E-state index contributed by atoms with van der Waals surface area (Å²) in [6, 6.07) is 7.42. The van der Waals surface area contributed by atoms with Crippen molar-refractivity contribution < 1.29 is 4.39 Å². The fourth-order valence-electron chi connectivity index (χ4n) is 2.29. The minimum Gasteiger partial charge on any atom is -0.370 e. The highest BCUT2D eigenvalue weighted by molar-refractivity contribution is 5.78. The van der Waals surface area contributed by atoms with E-state index in [1.165, 1.54) is 17.7 Å². The van der Waals surface area contributed by atoms with Gasteiger partial charge < -0.3 is 11.1 Å². The first-order valence-corrected chi connectivity index (χ1v) is 6.93. The summed E-state index contributed by atoms with van der Waals surface area (Å²) in [5, 5.41) is 3.17. The van der Waals surface area contributed by atoms with Crippen LogP contribution in [0.4, 0.5) is 4.39 Å². The highest BCUT2D eigenvalue weighted by atomic mass is 19.1. The van der Waals surface area contributed by atoms with E-state index in [9.17, 15) is 4.39 Å². The summed E-state index contributed by atoms with van der Waals surface area (Å²) in [6.45, 7) is 4.20. The molecule has 0 spiro atoms. The highest BCUT2D eigenvalue weighted by Crippen LogP contribution is 2.38. The van der Waals surface area contributed by atoms with Gasteiger partial charge in [-0.2, -0.15) is 0 Å². The number of rotatable bonds is 4. The summed E-state index contributed by atoms with van der Waals surface area (Å²) in [4.78, 5) is 4.47. The van der Waals surface area contributed by atoms with Gasteiger partial charge in [0.25, 0.3) is 0 Å². The number of hydrogen-bond donors (Lipinski definition) is 2. The molecule has 1 aliphatic carbocycles. The van der Waals surface area contributed by atoms with E-state index in [1.54, 1.807) is 0 Å². The molecule has 19 heavy (non-hydrogen) atoms. The number of nitrogens with two attached hydrogens (primary N) is 1. The van der Waals surface area contributed by atoms with Gasteiger partial charge in [-0.1, -0.05) is 19.1 Å². The quantitative estimate of drug-likeness (QED) is 0.648. The molecule has 1 aliphatic rings. The van der Waals surface area contributed by atoms with Crippen molar-refractivity contribution in [1.29, 1.82) is 0 Å². The maximum Gasteiger partial charge on any atom is 0.189 e. The maximum atomic E-state index is 12.8. The topological polar surface area (TPSA) is 50.4 Å². The number of guanidine groups is 1. The van der Waals surface area contributed by atoms with Crippen molar-refractivity contribution in [2.75, 3.05) is 0 Å². The zero-order chi connectivity index (χ0) is 13.8. The number of halogens is 1. The van der Waals surface area contributed by atoms with E-state index in [0.29, 0.717) is 24.0 Å². The fourth-order valence-corrected chi connectivity index (χ4v) is 2.29. The number of aliphatic imine (C=N–C) groups is 1. The van der Waals surface area contributed by atoms with E-state index in [2.05, 4.69) is 24.2 Å². The van der Waals surface area contributed by atoms with Gasteiger partial charge in [0.05, 0.1) is 6.04 Å². The van der Waals surface area contributed by atoms with Gasteiger partial charge in [-0.3, -0.25) is 4.99 Å². The molecule has 1 atom stereocenters. The van der Waals surface area contributed by atoms with Gasteiger partial charge in [0.1, 0.15) is 5.82 Å². The van der Waals surface area contributed by atoms with Crippen LogP contribution in [0, 0.1) is 5.82 Å². The van der Waals surface area contributed by atoms with E-state index >= 15 is 0 Å². The second-order valence-electron chi connectivity index (χ2n) is 5.34. The van der Waals surface area contributed by atoms with Crippen LogP contribution in [0.3, 0.4) is 0 Å². The Kier molecular flexibility index (Phi) is 4.40. The van der Waals surface area contributed by atoms with Crippen LogP contribution in [0.1, 0.15) is 44.6 Å². The predicted molar refractivity (Wildman–Crippen MR) is 76.7 cm³/mol. The molecular weight excluding hydrogens is 241 g/mol. The van der Waals surface area contributed by atoms with Gasteiger partial charge in [0, 0.05) is 6.04 Å². The van der Waals surface area contributed by atoms with E-state index < -0.39 is 0 Å². The number of nitrogens with zero attached hydrogens (tertiary/aromatic N) is 1. The van der Waals surface area contributed by atoms with Crippen molar-refractivity contribution in [2.45, 2.75) is 51.1 Å².